The first-order chi connectivity index (χ1) is 13.5. The van der Waals surface area contributed by atoms with Gasteiger partial charge in [-0.1, -0.05) is 0 Å². The number of piperidine rings is 1. The number of nitrogens with zero attached hydrogens (tertiary/aromatic N) is 6. The van der Waals surface area contributed by atoms with Gasteiger partial charge in [-0.15, -0.1) is 0 Å². The van der Waals surface area contributed by atoms with Crippen molar-refractivity contribution in [1.29, 1.82) is 0 Å². The van der Waals surface area contributed by atoms with Crippen molar-refractivity contribution in [3.63, 3.8) is 0 Å². The lowest BCUT2D eigenvalue weighted by molar-refractivity contribution is -0.125. The minimum absolute atomic E-state index is 0.0721. The minimum atomic E-state index is -3.54. The summed E-state index contributed by atoms with van der Waals surface area (Å²) in [7, 11) is -1.71. The molecule has 2 aromatic heterocycles. The highest BCUT2D eigenvalue weighted by atomic mass is 32.2. The Hall–Kier alpha value is -2.30. The van der Waals surface area contributed by atoms with Crippen LogP contribution >= 0.6 is 0 Å². The smallest absolute Gasteiger partial charge is 0.244 e. The third-order valence-electron chi connectivity index (χ3n) is 5.40. The number of amides is 1. The number of anilines is 1. The summed E-state index contributed by atoms with van der Waals surface area (Å²) in [5, 5.41) is 4.16. The van der Waals surface area contributed by atoms with Gasteiger partial charge < -0.3 is 4.90 Å². The van der Waals surface area contributed by atoms with Gasteiger partial charge in [0.05, 0.1) is 17.9 Å². The van der Waals surface area contributed by atoms with Gasteiger partial charge in [0, 0.05) is 58.4 Å². The van der Waals surface area contributed by atoms with E-state index in [1.165, 1.54) is 10.5 Å². The third kappa shape index (κ3) is 3.54. The molecule has 2 fully saturated rings. The number of sulfonamides is 1. The van der Waals surface area contributed by atoms with E-state index in [-0.39, 0.29) is 16.8 Å². The Bertz CT molecular complexity index is 937. The molecule has 2 aliphatic rings. The minimum Gasteiger partial charge on any atom is -0.308 e. The zero-order valence-electron chi connectivity index (χ0n) is 15.8. The number of aromatic nitrogens is 3. The summed E-state index contributed by atoms with van der Waals surface area (Å²) in [4.78, 5) is 21.1. The second-order valence-electron chi connectivity index (χ2n) is 7.15. The Labute approximate surface area is 164 Å². The molecular formula is C18H24N6O3S. The summed E-state index contributed by atoms with van der Waals surface area (Å²) in [5.74, 6) is 0.0721. The van der Waals surface area contributed by atoms with Gasteiger partial charge in [-0.3, -0.25) is 19.4 Å². The Balaban J connectivity index is 1.43. The zero-order chi connectivity index (χ0) is 19.7. The van der Waals surface area contributed by atoms with Crippen LogP contribution in [0.2, 0.25) is 0 Å². The topological polar surface area (TPSA) is 91.6 Å². The standard InChI is InChI=1S/C18H24N6O3S/c1-21-14-15(12-20-21)24-7-3-5-17(18(24)25)22-8-10-23(11-9-22)28(26,27)16-4-2-6-19-13-16/h2,4,6,12-14,17H,3,5,7-11H2,1H3/t17-/m1/s1. The first-order valence-electron chi connectivity index (χ1n) is 9.41. The fraction of sp³-hybridized carbons (Fsp3) is 0.500. The van der Waals surface area contributed by atoms with Crippen LogP contribution < -0.4 is 4.90 Å². The van der Waals surface area contributed by atoms with E-state index in [0.717, 1.165) is 18.5 Å². The second kappa shape index (κ2) is 7.61. The molecule has 0 N–H and O–H groups in total. The van der Waals surface area contributed by atoms with Gasteiger partial charge >= 0.3 is 0 Å². The number of carbonyl (C=O) groups excluding carboxylic acids is 1. The van der Waals surface area contributed by atoms with Crippen LogP contribution in [-0.2, 0) is 21.9 Å². The maximum atomic E-state index is 13.0. The van der Waals surface area contributed by atoms with Gasteiger partial charge in [0.1, 0.15) is 4.90 Å². The molecule has 2 aromatic rings. The quantitative estimate of drug-likeness (QED) is 0.729. The Kier molecular flexibility index (Phi) is 5.17. The molecule has 4 rings (SSSR count). The third-order valence-corrected chi connectivity index (χ3v) is 7.28. The molecule has 1 amide bonds. The maximum absolute atomic E-state index is 13.0. The van der Waals surface area contributed by atoms with Crippen LogP contribution in [0.25, 0.3) is 0 Å². The Morgan fingerprint density at radius 2 is 1.89 bits per heavy atom. The van der Waals surface area contributed by atoms with Gasteiger partial charge in [-0.05, 0) is 25.0 Å². The van der Waals surface area contributed by atoms with Crippen LogP contribution in [0.5, 0.6) is 0 Å². The van der Waals surface area contributed by atoms with Crippen LogP contribution in [0.1, 0.15) is 12.8 Å². The molecule has 2 aliphatic heterocycles. The largest absolute Gasteiger partial charge is 0.308 e. The number of piperazine rings is 1. The summed E-state index contributed by atoms with van der Waals surface area (Å²) in [6.07, 6.45) is 8.19. The van der Waals surface area contributed by atoms with Crippen LogP contribution in [0.4, 0.5) is 5.69 Å². The van der Waals surface area contributed by atoms with Crippen molar-refractivity contribution >= 4 is 21.6 Å². The monoisotopic (exact) mass is 404 g/mol. The van der Waals surface area contributed by atoms with Gasteiger partial charge in [-0.2, -0.15) is 9.40 Å². The lowest BCUT2D eigenvalue weighted by atomic mass is 10.0. The Morgan fingerprint density at radius 1 is 1.11 bits per heavy atom. The second-order valence-corrected chi connectivity index (χ2v) is 9.09. The fourth-order valence-electron chi connectivity index (χ4n) is 3.90. The zero-order valence-corrected chi connectivity index (χ0v) is 16.6. The molecule has 1 atom stereocenters. The van der Waals surface area contributed by atoms with E-state index in [2.05, 4.69) is 15.0 Å². The van der Waals surface area contributed by atoms with Crippen molar-refractivity contribution in [3.8, 4) is 0 Å². The summed E-state index contributed by atoms with van der Waals surface area (Å²) < 4.78 is 28.7. The van der Waals surface area contributed by atoms with Crippen molar-refractivity contribution in [2.24, 2.45) is 7.05 Å². The van der Waals surface area contributed by atoms with Crippen molar-refractivity contribution < 1.29 is 13.2 Å². The fourth-order valence-corrected chi connectivity index (χ4v) is 5.29. The molecule has 150 valence electrons. The van der Waals surface area contributed by atoms with Gasteiger partial charge in [-0.25, -0.2) is 8.42 Å². The van der Waals surface area contributed by atoms with E-state index in [0.29, 0.717) is 32.7 Å². The summed E-state index contributed by atoms with van der Waals surface area (Å²) in [6.45, 7) is 2.51. The lowest BCUT2D eigenvalue weighted by Gasteiger charge is -2.41. The first-order valence-corrected chi connectivity index (χ1v) is 10.8. The number of pyridine rings is 1. The van der Waals surface area contributed by atoms with Gasteiger partial charge in [0.2, 0.25) is 15.9 Å². The molecule has 0 aromatic carbocycles. The van der Waals surface area contributed by atoms with Crippen LogP contribution in [0, 0.1) is 0 Å². The highest BCUT2D eigenvalue weighted by Crippen LogP contribution is 2.25. The number of hydrogen-bond donors (Lipinski definition) is 0. The van der Waals surface area contributed by atoms with Gasteiger partial charge in [0.25, 0.3) is 0 Å². The molecule has 0 radical (unpaired) electrons. The summed E-state index contributed by atoms with van der Waals surface area (Å²) in [6, 6.07) is 2.97. The normalized spacial score (nSPS) is 22.5. The number of aryl methyl sites for hydroxylation is 1. The Morgan fingerprint density at radius 3 is 2.54 bits per heavy atom. The van der Waals surface area contributed by atoms with Crippen LogP contribution in [-0.4, -0.2) is 77.1 Å². The number of hydrogen-bond acceptors (Lipinski definition) is 6. The molecule has 9 nitrogen and oxygen atoms in total. The van der Waals surface area contributed by atoms with E-state index in [9.17, 15) is 13.2 Å². The van der Waals surface area contributed by atoms with Crippen molar-refractivity contribution in [2.45, 2.75) is 23.8 Å². The SMILES string of the molecule is Cn1cc(N2CCC[C@@H](N3CCN(S(=O)(=O)c4cccnc4)CC3)C2=O)cn1. The van der Waals surface area contributed by atoms with Gasteiger partial charge in [0.15, 0.2) is 0 Å². The first kappa shape index (κ1) is 19.0. The molecule has 0 unspecified atom stereocenters. The van der Waals surface area contributed by atoms with E-state index in [4.69, 9.17) is 0 Å². The summed E-state index contributed by atoms with van der Waals surface area (Å²) >= 11 is 0. The van der Waals surface area contributed by atoms with Crippen molar-refractivity contribution in [2.75, 3.05) is 37.6 Å². The van der Waals surface area contributed by atoms with E-state index >= 15 is 0 Å². The number of rotatable bonds is 4. The molecule has 0 aliphatic carbocycles. The van der Waals surface area contributed by atoms with Crippen molar-refractivity contribution in [1.82, 2.24) is 24.0 Å². The van der Waals surface area contributed by atoms with E-state index in [1.807, 2.05) is 13.2 Å². The lowest BCUT2D eigenvalue weighted by Crippen LogP contribution is -2.58. The average molecular weight is 404 g/mol. The van der Waals surface area contributed by atoms with E-state index < -0.39 is 10.0 Å². The number of carbonyl (C=O) groups is 1. The van der Waals surface area contributed by atoms with Crippen LogP contribution in [0.15, 0.2) is 41.8 Å². The molecule has 0 bridgehead atoms. The van der Waals surface area contributed by atoms with Crippen molar-refractivity contribution in [3.05, 3.63) is 36.9 Å². The molecule has 0 saturated carbocycles. The molecule has 0 spiro atoms. The molecular weight excluding hydrogens is 380 g/mol. The molecule has 28 heavy (non-hydrogen) atoms. The summed E-state index contributed by atoms with van der Waals surface area (Å²) in [5.41, 5.74) is 0.815. The molecule has 4 heterocycles. The highest BCUT2D eigenvalue weighted by Gasteiger charge is 2.37. The molecule has 10 heteroatoms. The molecule has 2 saturated heterocycles. The average Bonchev–Trinajstić information content (AvgIpc) is 3.15. The van der Waals surface area contributed by atoms with Crippen LogP contribution in [0.3, 0.4) is 0 Å². The highest BCUT2D eigenvalue weighted by molar-refractivity contribution is 7.89. The van der Waals surface area contributed by atoms with E-state index in [1.54, 1.807) is 34.1 Å². The predicted octanol–water partition coefficient (Wildman–Crippen LogP) is 0.317. The maximum Gasteiger partial charge on any atom is 0.244 e. The predicted molar refractivity (Wildman–Crippen MR) is 103 cm³/mol.